The zero-order valence-electron chi connectivity index (χ0n) is 10.2. The van der Waals surface area contributed by atoms with E-state index in [1.807, 2.05) is 6.07 Å². The average Bonchev–Trinajstić information content (AvgIpc) is 2.60. The Kier molecular flexibility index (Phi) is 3.18. The second-order valence-corrected chi connectivity index (χ2v) is 6.06. The Bertz CT molecular complexity index is 525. The normalized spacial score (nSPS) is 16.7. The fraction of sp³-hybridized carbons (Fsp3) is 0.500. The van der Waals surface area contributed by atoms with Crippen LogP contribution in [-0.4, -0.2) is 12.5 Å². The van der Waals surface area contributed by atoms with E-state index in [1.54, 1.807) is 0 Å². The number of rotatable bonds is 4. The summed E-state index contributed by atoms with van der Waals surface area (Å²) in [6.45, 7) is 3.00. The summed E-state index contributed by atoms with van der Waals surface area (Å²) >= 11 is 1.16. The summed E-state index contributed by atoms with van der Waals surface area (Å²) in [4.78, 5) is 11.4. The number of nitrogens with one attached hydrogen (secondary N) is 1. The molecular formula is C12H16N4OS. The van der Waals surface area contributed by atoms with Gasteiger partial charge < -0.3 is 16.8 Å². The first-order valence-corrected chi connectivity index (χ1v) is 6.64. The minimum absolute atomic E-state index is 0.191. The van der Waals surface area contributed by atoms with Gasteiger partial charge in [-0.25, -0.2) is 0 Å². The molecule has 1 heterocycles. The Morgan fingerprint density at radius 1 is 1.61 bits per heavy atom. The third-order valence-corrected chi connectivity index (χ3v) is 4.69. The quantitative estimate of drug-likeness (QED) is 0.772. The van der Waals surface area contributed by atoms with Crippen molar-refractivity contribution in [1.82, 2.24) is 0 Å². The summed E-state index contributed by atoms with van der Waals surface area (Å²) < 4.78 is 0. The predicted molar refractivity (Wildman–Crippen MR) is 72.4 cm³/mol. The minimum atomic E-state index is -0.586. The van der Waals surface area contributed by atoms with Gasteiger partial charge in [0.05, 0.1) is 5.69 Å². The number of carbonyl (C=O) groups excluding carboxylic acids is 1. The van der Waals surface area contributed by atoms with Crippen LogP contribution >= 0.6 is 11.3 Å². The van der Waals surface area contributed by atoms with Crippen molar-refractivity contribution in [3.63, 3.8) is 0 Å². The van der Waals surface area contributed by atoms with Crippen LogP contribution < -0.4 is 16.8 Å². The number of thiophene rings is 1. The molecule has 1 aliphatic carbocycles. The number of amides is 1. The van der Waals surface area contributed by atoms with E-state index in [2.05, 4.69) is 12.2 Å². The Labute approximate surface area is 110 Å². The Hall–Kier alpha value is -1.74. The number of hydrogen-bond acceptors (Lipinski definition) is 5. The standard InChI is InChI=1S/C12H16N4OS/c1-12(3-2-4-12)6-16-11-7(5-13)8(14)9(18-11)10(15)17/h16H,2-4,6,14H2,1H3,(H2,15,17). The van der Waals surface area contributed by atoms with Gasteiger partial charge in [0.1, 0.15) is 21.5 Å². The molecule has 5 nitrogen and oxygen atoms in total. The fourth-order valence-electron chi connectivity index (χ4n) is 2.11. The second-order valence-electron chi connectivity index (χ2n) is 5.04. The zero-order chi connectivity index (χ0) is 13.3. The molecule has 1 saturated carbocycles. The molecule has 1 aromatic rings. The Morgan fingerprint density at radius 3 is 2.72 bits per heavy atom. The number of nitriles is 1. The number of primary amides is 1. The molecule has 0 atom stereocenters. The molecule has 0 aromatic carbocycles. The van der Waals surface area contributed by atoms with E-state index >= 15 is 0 Å². The van der Waals surface area contributed by atoms with Crippen LogP contribution in [0.25, 0.3) is 0 Å². The monoisotopic (exact) mass is 264 g/mol. The van der Waals surface area contributed by atoms with Crippen LogP contribution in [0.5, 0.6) is 0 Å². The first kappa shape index (κ1) is 12.7. The second kappa shape index (κ2) is 4.50. The van der Waals surface area contributed by atoms with Crippen LogP contribution in [-0.2, 0) is 0 Å². The van der Waals surface area contributed by atoms with E-state index in [0.29, 0.717) is 16.0 Å². The lowest BCUT2D eigenvalue weighted by Gasteiger charge is -2.38. The van der Waals surface area contributed by atoms with Crippen molar-refractivity contribution >= 4 is 27.9 Å². The molecular weight excluding hydrogens is 248 g/mol. The number of anilines is 2. The highest BCUT2D eigenvalue weighted by Gasteiger charge is 2.32. The molecule has 5 N–H and O–H groups in total. The van der Waals surface area contributed by atoms with Crippen LogP contribution in [0.2, 0.25) is 0 Å². The molecule has 0 bridgehead atoms. The Balaban J connectivity index is 2.19. The molecule has 0 aliphatic heterocycles. The maximum Gasteiger partial charge on any atom is 0.261 e. The van der Waals surface area contributed by atoms with Gasteiger partial charge in [0.15, 0.2) is 0 Å². The maximum atomic E-state index is 11.2. The topological polar surface area (TPSA) is 105 Å². The summed E-state index contributed by atoms with van der Waals surface area (Å²) in [6.07, 6.45) is 3.62. The van der Waals surface area contributed by atoms with Crippen molar-refractivity contribution in [2.24, 2.45) is 11.1 Å². The molecule has 6 heteroatoms. The number of nitrogens with two attached hydrogens (primary N) is 2. The van der Waals surface area contributed by atoms with E-state index < -0.39 is 5.91 Å². The lowest BCUT2D eigenvalue weighted by Crippen LogP contribution is -2.33. The van der Waals surface area contributed by atoms with Crippen LogP contribution in [0, 0.1) is 16.7 Å². The summed E-state index contributed by atoms with van der Waals surface area (Å²) in [6, 6.07) is 2.03. The zero-order valence-corrected chi connectivity index (χ0v) is 11.1. The molecule has 1 amide bonds. The molecule has 1 aromatic heterocycles. The molecule has 18 heavy (non-hydrogen) atoms. The largest absolute Gasteiger partial charge is 0.396 e. The minimum Gasteiger partial charge on any atom is -0.396 e. The van der Waals surface area contributed by atoms with Crippen LogP contribution in [0.1, 0.15) is 41.4 Å². The predicted octanol–water partition coefficient (Wildman–Crippen LogP) is 1.90. The van der Waals surface area contributed by atoms with Crippen molar-refractivity contribution in [1.29, 1.82) is 5.26 Å². The highest BCUT2D eigenvalue weighted by atomic mass is 32.1. The van der Waals surface area contributed by atoms with Gasteiger partial charge in [0, 0.05) is 6.54 Å². The number of hydrogen-bond donors (Lipinski definition) is 3. The Morgan fingerprint density at radius 2 is 2.28 bits per heavy atom. The van der Waals surface area contributed by atoms with Crippen LogP contribution in [0.15, 0.2) is 0 Å². The van der Waals surface area contributed by atoms with Crippen molar-refractivity contribution in [2.45, 2.75) is 26.2 Å². The lowest BCUT2D eigenvalue weighted by atomic mass is 9.70. The summed E-state index contributed by atoms with van der Waals surface area (Å²) in [5.41, 5.74) is 11.8. The molecule has 2 rings (SSSR count). The van der Waals surface area contributed by atoms with Crippen molar-refractivity contribution in [3.8, 4) is 6.07 Å². The van der Waals surface area contributed by atoms with Gasteiger partial charge in [0.25, 0.3) is 5.91 Å². The van der Waals surface area contributed by atoms with Crippen molar-refractivity contribution < 1.29 is 4.79 Å². The first-order valence-electron chi connectivity index (χ1n) is 5.83. The highest BCUT2D eigenvalue weighted by molar-refractivity contribution is 7.18. The molecule has 0 spiro atoms. The third kappa shape index (κ3) is 2.14. The fourth-order valence-corrected chi connectivity index (χ4v) is 3.03. The van der Waals surface area contributed by atoms with Gasteiger partial charge in [-0.3, -0.25) is 4.79 Å². The van der Waals surface area contributed by atoms with Crippen molar-refractivity contribution in [3.05, 3.63) is 10.4 Å². The van der Waals surface area contributed by atoms with Gasteiger partial charge in [-0.1, -0.05) is 13.3 Å². The maximum absolute atomic E-state index is 11.2. The third-order valence-electron chi connectivity index (χ3n) is 3.52. The number of nitrogens with zero attached hydrogens (tertiary/aromatic N) is 1. The summed E-state index contributed by atoms with van der Waals surface area (Å²) in [5.74, 6) is -0.586. The lowest BCUT2D eigenvalue weighted by molar-refractivity contribution is 0.100. The van der Waals surface area contributed by atoms with Crippen molar-refractivity contribution in [2.75, 3.05) is 17.6 Å². The van der Waals surface area contributed by atoms with Crippen LogP contribution in [0.3, 0.4) is 0 Å². The highest BCUT2D eigenvalue weighted by Crippen LogP contribution is 2.42. The van der Waals surface area contributed by atoms with E-state index in [9.17, 15) is 4.79 Å². The van der Waals surface area contributed by atoms with E-state index in [1.165, 1.54) is 19.3 Å². The molecule has 96 valence electrons. The van der Waals surface area contributed by atoms with Gasteiger partial charge in [0.2, 0.25) is 0 Å². The average molecular weight is 264 g/mol. The molecule has 0 unspecified atom stereocenters. The molecule has 0 saturated heterocycles. The number of carbonyl (C=O) groups is 1. The molecule has 0 radical (unpaired) electrons. The smallest absolute Gasteiger partial charge is 0.261 e. The van der Waals surface area contributed by atoms with E-state index in [0.717, 1.165) is 17.9 Å². The molecule has 1 aliphatic rings. The summed E-state index contributed by atoms with van der Waals surface area (Å²) in [5, 5.41) is 13.0. The summed E-state index contributed by atoms with van der Waals surface area (Å²) in [7, 11) is 0. The SMILES string of the molecule is CC1(CNc2sc(C(N)=O)c(N)c2C#N)CCC1. The van der Waals surface area contributed by atoms with Gasteiger partial charge in [-0.2, -0.15) is 5.26 Å². The first-order chi connectivity index (χ1) is 8.47. The molecule has 1 fully saturated rings. The van der Waals surface area contributed by atoms with Gasteiger partial charge >= 0.3 is 0 Å². The van der Waals surface area contributed by atoms with Crippen LogP contribution in [0.4, 0.5) is 10.7 Å². The van der Waals surface area contributed by atoms with E-state index in [-0.39, 0.29) is 10.6 Å². The van der Waals surface area contributed by atoms with Gasteiger partial charge in [-0.05, 0) is 18.3 Å². The van der Waals surface area contributed by atoms with Gasteiger partial charge in [-0.15, -0.1) is 11.3 Å². The van der Waals surface area contributed by atoms with E-state index in [4.69, 9.17) is 16.7 Å². The number of nitrogen functional groups attached to an aromatic ring is 1.